The number of halogens is 3. The molecule has 8 heteroatoms. The molecule has 1 amide bonds. The van der Waals surface area contributed by atoms with Crippen LogP contribution in [0.4, 0.5) is 10.2 Å². The minimum Gasteiger partial charge on any atom is -0.382 e. The molecule has 1 atom stereocenters. The first-order valence-electron chi connectivity index (χ1n) is 6.64. The van der Waals surface area contributed by atoms with Gasteiger partial charge in [-0.3, -0.25) is 4.79 Å². The van der Waals surface area contributed by atoms with Crippen LogP contribution in [0.1, 0.15) is 12.0 Å². The maximum atomic E-state index is 13.9. The Morgan fingerprint density at radius 3 is 2.83 bits per heavy atom. The third-order valence-electron chi connectivity index (χ3n) is 3.19. The van der Waals surface area contributed by atoms with Crippen LogP contribution in [0.5, 0.6) is 0 Å². The van der Waals surface area contributed by atoms with Gasteiger partial charge in [0.1, 0.15) is 11.6 Å². The van der Waals surface area contributed by atoms with Gasteiger partial charge in [-0.05, 0) is 24.3 Å². The van der Waals surface area contributed by atoms with Crippen molar-refractivity contribution in [3.05, 3.63) is 58.0 Å². The number of nitrogens with zero attached hydrogens (tertiary/aromatic N) is 2. The SMILES string of the molecule is O=C(Nc1ccc(Cl)cn1)C1CC(c2c(F)cccc2Cl)=NO1. The van der Waals surface area contributed by atoms with Gasteiger partial charge in [-0.25, -0.2) is 9.37 Å². The number of pyridine rings is 1. The van der Waals surface area contributed by atoms with Crippen LogP contribution < -0.4 is 5.32 Å². The molecule has 1 aliphatic rings. The van der Waals surface area contributed by atoms with Crippen molar-refractivity contribution in [3.8, 4) is 0 Å². The van der Waals surface area contributed by atoms with E-state index in [-0.39, 0.29) is 22.7 Å². The fourth-order valence-corrected chi connectivity index (χ4v) is 2.48. The Balaban J connectivity index is 1.69. The average Bonchev–Trinajstić information content (AvgIpc) is 2.99. The highest BCUT2D eigenvalue weighted by atomic mass is 35.5. The summed E-state index contributed by atoms with van der Waals surface area (Å²) in [6, 6.07) is 7.47. The van der Waals surface area contributed by atoms with Crippen LogP contribution in [0.3, 0.4) is 0 Å². The Bertz CT molecular complexity index is 761. The number of aromatic nitrogens is 1. The number of anilines is 1. The summed E-state index contributed by atoms with van der Waals surface area (Å²) >= 11 is 11.7. The van der Waals surface area contributed by atoms with Crippen molar-refractivity contribution in [1.82, 2.24) is 4.98 Å². The molecule has 118 valence electrons. The molecule has 0 bridgehead atoms. The van der Waals surface area contributed by atoms with Gasteiger partial charge in [-0.15, -0.1) is 0 Å². The molecule has 1 unspecified atom stereocenters. The van der Waals surface area contributed by atoms with Crippen LogP contribution in [0.2, 0.25) is 10.0 Å². The summed E-state index contributed by atoms with van der Waals surface area (Å²) in [6.07, 6.45) is 0.645. The standard InChI is InChI=1S/C15H10Cl2FN3O2/c16-8-4-5-13(19-7-8)20-15(22)12-6-11(21-23-12)14-9(17)2-1-3-10(14)18/h1-5,7,12H,6H2,(H,19,20,22). The highest BCUT2D eigenvalue weighted by molar-refractivity contribution is 6.34. The first-order chi connectivity index (χ1) is 11.0. The van der Waals surface area contributed by atoms with Crippen molar-refractivity contribution < 1.29 is 14.0 Å². The molecule has 1 aromatic carbocycles. The lowest BCUT2D eigenvalue weighted by molar-refractivity contribution is -0.125. The van der Waals surface area contributed by atoms with Gasteiger partial charge in [0.25, 0.3) is 5.91 Å². The molecule has 2 heterocycles. The molecule has 23 heavy (non-hydrogen) atoms. The van der Waals surface area contributed by atoms with Crippen LogP contribution in [0, 0.1) is 5.82 Å². The average molecular weight is 354 g/mol. The van der Waals surface area contributed by atoms with Gasteiger partial charge in [-0.1, -0.05) is 34.4 Å². The predicted octanol–water partition coefficient (Wildman–Crippen LogP) is 3.66. The zero-order valence-electron chi connectivity index (χ0n) is 11.6. The van der Waals surface area contributed by atoms with E-state index < -0.39 is 17.8 Å². The summed E-state index contributed by atoms with van der Waals surface area (Å²) in [5, 5.41) is 7.03. The van der Waals surface area contributed by atoms with Crippen LogP contribution >= 0.6 is 23.2 Å². The monoisotopic (exact) mass is 353 g/mol. The van der Waals surface area contributed by atoms with Gasteiger partial charge in [0, 0.05) is 12.6 Å². The lowest BCUT2D eigenvalue weighted by atomic mass is 10.0. The van der Waals surface area contributed by atoms with Crippen LogP contribution in [0.25, 0.3) is 0 Å². The van der Waals surface area contributed by atoms with Crippen molar-refractivity contribution in [2.75, 3.05) is 5.32 Å². The van der Waals surface area contributed by atoms with Crippen LogP contribution in [-0.2, 0) is 9.63 Å². The summed E-state index contributed by atoms with van der Waals surface area (Å²) in [4.78, 5) is 21.2. The number of nitrogens with one attached hydrogen (secondary N) is 1. The first kappa shape index (κ1) is 15.7. The van der Waals surface area contributed by atoms with Gasteiger partial charge < -0.3 is 10.2 Å². The molecule has 0 spiro atoms. The second-order valence-corrected chi connectivity index (χ2v) is 5.63. The third-order valence-corrected chi connectivity index (χ3v) is 3.73. The minimum atomic E-state index is -0.877. The number of carbonyl (C=O) groups excluding carboxylic acids is 1. The van der Waals surface area contributed by atoms with Crippen LogP contribution in [0.15, 0.2) is 41.7 Å². The smallest absolute Gasteiger partial charge is 0.269 e. The fraction of sp³-hybridized carbons (Fsp3) is 0.133. The molecular weight excluding hydrogens is 344 g/mol. The molecule has 0 radical (unpaired) electrons. The van der Waals surface area contributed by atoms with Gasteiger partial charge >= 0.3 is 0 Å². The highest BCUT2D eigenvalue weighted by Crippen LogP contribution is 2.26. The zero-order valence-corrected chi connectivity index (χ0v) is 13.1. The summed E-state index contributed by atoms with van der Waals surface area (Å²) in [5.74, 6) is -0.619. The van der Waals surface area contributed by atoms with Gasteiger partial charge in [0.15, 0.2) is 0 Å². The summed E-state index contributed by atoms with van der Waals surface area (Å²) < 4.78 is 13.9. The second kappa shape index (κ2) is 6.52. The van der Waals surface area contributed by atoms with E-state index in [0.717, 1.165) is 0 Å². The van der Waals surface area contributed by atoms with E-state index >= 15 is 0 Å². The van der Waals surface area contributed by atoms with Crippen molar-refractivity contribution in [3.63, 3.8) is 0 Å². The third kappa shape index (κ3) is 3.43. The van der Waals surface area contributed by atoms with Crippen molar-refractivity contribution in [2.24, 2.45) is 5.16 Å². The molecule has 1 aliphatic heterocycles. The Morgan fingerprint density at radius 2 is 2.13 bits per heavy atom. The molecule has 5 nitrogen and oxygen atoms in total. The number of oxime groups is 1. The second-order valence-electron chi connectivity index (χ2n) is 4.78. The molecule has 0 saturated carbocycles. The summed E-state index contributed by atoms with van der Waals surface area (Å²) in [5.41, 5.74) is 0.436. The Labute approximate surface area is 141 Å². The van der Waals surface area contributed by atoms with E-state index in [1.165, 1.54) is 18.3 Å². The van der Waals surface area contributed by atoms with Gasteiger partial charge in [-0.2, -0.15) is 0 Å². The lowest BCUT2D eigenvalue weighted by Gasteiger charge is -2.09. The molecule has 0 aliphatic carbocycles. The number of amides is 1. The van der Waals surface area contributed by atoms with E-state index in [1.807, 2.05) is 0 Å². The van der Waals surface area contributed by atoms with Crippen molar-refractivity contribution in [2.45, 2.75) is 12.5 Å². The van der Waals surface area contributed by atoms with Crippen molar-refractivity contribution in [1.29, 1.82) is 0 Å². The minimum absolute atomic E-state index is 0.111. The molecule has 0 saturated heterocycles. The molecule has 1 N–H and O–H groups in total. The quantitative estimate of drug-likeness (QED) is 0.915. The summed E-state index contributed by atoms with van der Waals surface area (Å²) in [6.45, 7) is 0. The molecule has 1 aromatic heterocycles. The first-order valence-corrected chi connectivity index (χ1v) is 7.39. The number of hydrogen-bond donors (Lipinski definition) is 1. The van der Waals surface area contributed by atoms with Gasteiger partial charge in [0.05, 0.1) is 21.3 Å². The number of rotatable bonds is 3. The van der Waals surface area contributed by atoms with E-state index in [2.05, 4.69) is 15.5 Å². The molecule has 0 fully saturated rings. The predicted molar refractivity (Wildman–Crippen MR) is 85.3 cm³/mol. The molecular formula is C15H10Cl2FN3O2. The van der Waals surface area contributed by atoms with Gasteiger partial charge in [0.2, 0.25) is 6.10 Å². The maximum Gasteiger partial charge on any atom is 0.269 e. The van der Waals surface area contributed by atoms with E-state index in [9.17, 15) is 9.18 Å². The normalized spacial score (nSPS) is 16.7. The zero-order chi connectivity index (χ0) is 16.4. The number of benzene rings is 1. The topological polar surface area (TPSA) is 63.6 Å². The fourth-order valence-electron chi connectivity index (χ4n) is 2.10. The number of hydrogen-bond acceptors (Lipinski definition) is 4. The Hall–Kier alpha value is -2.18. The van der Waals surface area contributed by atoms with Crippen molar-refractivity contribution >= 4 is 40.6 Å². The maximum absolute atomic E-state index is 13.9. The van der Waals surface area contributed by atoms with E-state index in [4.69, 9.17) is 28.0 Å². The molecule has 3 rings (SSSR count). The Morgan fingerprint density at radius 1 is 1.30 bits per heavy atom. The highest BCUT2D eigenvalue weighted by Gasteiger charge is 2.31. The lowest BCUT2D eigenvalue weighted by Crippen LogP contribution is -2.28. The number of carbonyl (C=O) groups is 1. The van der Waals surface area contributed by atoms with E-state index in [1.54, 1.807) is 18.2 Å². The Kier molecular flexibility index (Phi) is 4.45. The summed E-state index contributed by atoms with van der Waals surface area (Å²) in [7, 11) is 0. The largest absolute Gasteiger partial charge is 0.382 e. The van der Waals surface area contributed by atoms with Crippen LogP contribution in [-0.4, -0.2) is 22.7 Å². The van der Waals surface area contributed by atoms with E-state index in [0.29, 0.717) is 10.8 Å². The molecule has 2 aromatic rings.